The molecule has 0 fully saturated rings. The van der Waals surface area contributed by atoms with E-state index in [0.29, 0.717) is 16.3 Å². The molecule has 0 saturated heterocycles. The second kappa shape index (κ2) is 4.72. The Kier molecular flexibility index (Phi) is 3.43. The maximum absolute atomic E-state index is 12.5. The number of carboxylic acid groups (broad SMARTS) is 1. The first-order chi connectivity index (χ1) is 8.36. The number of rotatable bonds is 2. The normalized spacial score (nSPS) is 18.9. The fourth-order valence-electron chi connectivity index (χ4n) is 1.71. The van der Waals surface area contributed by atoms with Crippen LogP contribution in [0.2, 0.25) is 0 Å². The highest BCUT2D eigenvalue weighted by Crippen LogP contribution is 2.38. The average molecular weight is 277 g/mol. The predicted octanol–water partition coefficient (Wildman–Crippen LogP) is 3.07. The maximum atomic E-state index is 12.5. The summed E-state index contributed by atoms with van der Waals surface area (Å²) < 4.78 is 37.5. The number of fused-ring (bicyclic) bond motifs is 1. The van der Waals surface area contributed by atoms with Crippen molar-refractivity contribution >= 4 is 23.4 Å². The van der Waals surface area contributed by atoms with Gasteiger partial charge in [0.05, 0.1) is 12.0 Å². The van der Waals surface area contributed by atoms with Crippen molar-refractivity contribution < 1.29 is 23.1 Å². The van der Waals surface area contributed by atoms with Gasteiger partial charge in [-0.2, -0.15) is 13.2 Å². The van der Waals surface area contributed by atoms with Crippen molar-refractivity contribution in [1.29, 1.82) is 0 Å². The summed E-state index contributed by atoms with van der Waals surface area (Å²) in [5.74, 6) is -0.482. The number of benzene rings is 1. The third-order valence-electron chi connectivity index (χ3n) is 2.53. The van der Waals surface area contributed by atoms with Crippen molar-refractivity contribution in [2.45, 2.75) is 23.5 Å². The van der Waals surface area contributed by atoms with E-state index in [9.17, 15) is 18.0 Å². The summed E-state index contributed by atoms with van der Waals surface area (Å²) in [6.07, 6.45) is -4.40. The van der Waals surface area contributed by atoms with E-state index < -0.39 is 17.7 Å². The largest absolute Gasteiger partial charge is 0.481 e. The number of aliphatic carboxylic acids is 1. The second-order valence-electron chi connectivity index (χ2n) is 3.96. The van der Waals surface area contributed by atoms with E-state index in [-0.39, 0.29) is 12.5 Å². The first kappa shape index (κ1) is 13.1. The Morgan fingerprint density at radius 2 is 2.22 bits per heavy atom. The van der Waals surface area contributed by atoms with Crippen LogP contribution in [-0.2, 0) is 11.0 Å². The van der Waals surface area contributed by atoms with E-state index in [1.54, 1.807) is 0 Å². The highest BCUT2D eigenvalue weighted by molar-refractivity contribution is 7.99. The van der Waals surface area contributed by atoms with Gasteiger partial charge >= 0.3 is 12.1 Å². The van der Waals surface area contributed by atoms with Gasteiger partial charge in [-0.3, -0.25) is 4.79 Å². The van der Waals surface area contributed by atoms with Crippen LogP contribution in [0.1, 0.15) is 12.0 Å². The van der Waals surface area contributed by atoms with Gasteiger partial charge < -0.3 is 10.4 Å². The van der Waals surface area contributed by atoms with Gasteiger partial charge in [0.25, 0.3) is 0 Å². The van der Waals surface area contributed by atoms with Crippen molar-refractivity contribution in [2.75, 3.05) is 11.1 Å². The van der Waals surface area contributed by atoms with E-state index in [4.69, 9.17) is 5.11 Å². The van der Waals surface area contributed by atoms with Gasteiger partial charge in [0.2, 0.25) is 0 Å². The van der Waals surface area contributed by atoms with Gasteiger partial charge in [0.15, 0.2) is 0 Å². The molecule has 0 radical (unpaired) electrons. The first-order valence-electron chi connectivity index (χ1n) is 5.18. The molecule has 0 aromatic heterocycles. The summed E-state index contributed by atoms with van der Waals surface area (Å²) >= 11 is 1.24. The number of nitrogens with one attached hydrogen (secondary N) is 1. The molecule has 7 heteroatoms. The molecular weight excluding hydrogens is 267 g/mol. The number of thioether (sulfide) groups is 1. The molecule has 3 nitrogen and oxygen atoms in total. The lowest BCUT2D eigenvalue weighted by Gasteiger charge is -2.26. The third kappa shape index (κ3) is 2.90. The van der Waals surface area contributed by atoms with Crippen LogP contribution in [0.15, 0.2) is 23.1 Å². The van der Waals surface area contributed by atoms with Gasteiger partial charge in [-0.25, -0.2) is 0 Å². The molecule has 0 saturated carbocycles. The van der Waals surface area contributed by atoms with E-state index >= 15 is 0 Å². The molecule has 1 aliphatic heterocycles. The minimum Gasteiger partial charge on any atom is -0.481 e. The summed E-state index contributed by atoms with van der Waals surface area (Å²) in [5.41, 5.74) is -0.127. The Morgan fingerprint density at radius 3 is 2.83 bits per heavy atom. The van der Waals surface area contributed by atoms with Crippen LogP contribution < -0.4 is 5.32 Å². The van der Waals surface area contributed by atoms with Gasteiger partial charge in [-0.1, -0.05) is 0 Å². The summed E-state index contributed by atoms with van der Waals surface area (Å²) in [7, 11) is 0. The standard InChI is InChI=1S/C11H10F3NO2S/c12-11(13,14)6-1-2-8-9(3-6)18-5-7(15-8)4-10(16)17/h1-3,7,15H,4-5H2,(H,16,17). The Morgan fingerprint density at radius 1 is 1.50 bits per heavy atom. The molecule has 98 valence electrons. The van der Waals surface area contributed by atoms with Crippen molar-refractivity contribution in [3.8, 4) is 0 Å². The fraction of sp³-hybridized carbons (Fsp3) is 0.364. The number of hydrogen-bond donors (Lipinski definition) is 2. The van der Waals surface area contributed by atoms with Crippen LogP contribution in [0.4, 0.5) is 18.9 Å². The zero-order valence-corrected chi connectivity index (χ0v) is 9.94. The molecule has 18 heavy (non-hydrogen) atoms. The zero-order valence-electron chi connectivity index (χ0n) is 9.12. The summed E-state index contributed by atoms with van der Waals surface area (Å²) in [6, 6.07) is 3.18. The quantitative estimate of drug-likeness (QED) is 0.872. The molecule has 2 N–H and O–H groups in total. The molecule has 1 unspecified atom stereocenters. The van der Waals surface area contributed by atoms with Crippen LogP contribution in [-0.4, -0.2) is 22.9 Å². The van der Waals surface area contributed by atoms with Gasteiger partial charge in [0.1, 0.15) is 0 Å². The van der Waals surface area contributed by atoms with Gasteiger partial charge in [0, 0.05) is 22.4 Å². The van der Waals surface area contributed by atoms with E-state index in [2.05, 4.69) is 5.32 Å². The van der Waals surface area contributed by atoms with E-state index in [1.165, 1.54) is 17.8 Å². The zero-order chi connectivity index (χ0) is 13.3. The van der Waals surface area contributed by atoms with Crippen LogP contribution in [0.3, 0.4) is 0 Å². The summed E-state index contributed by atoms with van der Waals surface area (Å²) in [4.78, 5) is 11.1. The van der Waals surface area contributed by atoms with Crippen LogP contribution >= 0.6 is 11.8 Å². The Balaban J connectivity index is 2.18. The Labute approximate surface area is 105 Å². The van der Waals surface area contributed by atoms with Crippen LogP contribution in [0.25, 0.3) is 0 Å². The summed E-state index contributed by atoms with van der Waals surface area (Å²) in [6.45, 7) is 0. The van der Waals surface area contributed by atoms with E-state index in [1.807, 2.05) is 0 Å². The predicted molar refractivity (Wildman–Crippen MR) is 61.8 cm³/mol. The molecule has 0 aliphatic carbocycles. The third-order valence-corrected chi connectivity index (χ3v) is 3.75. The number of carboxylic acids is 1. The lowest BCUT2D eigenvalue weighted by Crippen LogP contribution is -2.28. The molecule has 0 bridgehead atoms. The second-order valence-corrected chi connectivity index (χ2v) is 5.02. The topological polar surface area (TPSA) is 49.3 Å². The number of alkyl halides is 3. The van der Waals surface area contributed by atoms with Crippen molar-refractivity contribution in [2.24, 2.45) is 0 Å². The molecule has 1 aromatic rings. The Hall–Kier alpha value is -1.37. The minimum absolute atomic E-state index is 0.0482. The molecule has 0 amide bonds. The number of anilines is 1. The molecule has 2 rings (SSSR count). The molecule has 0 spiro atoms. The van der Waals surface area contributed by atoms with Crippen LogP contribution in [0.5, 0.6) is 0 Å². The average Bonchev–Trinajstić information content (AvgIpc) is 2.26. The Bertz CT molecular complexity index is 476. The molecular formula is C11H10F3NO2S. The highest BCUT2D eigenvalue weighted by Gasteiger charge is 2.32. The highest BCUT2D eigenvalue weighted by atomic mass is 32.2. The van der Waals surface area contributed by atoms with Crippen molar-refractivity contribution in [3.05, 3.63) is 23.8 Å². The molecule has 1 aromatic carbocycles. The molecule has 1 aliphatic rings. The van der Waals surface area contributed by atoms with Gasteiger partial charge in [-0.15, -0.1) is 11.8 Å². The lowest BCUT2D eigenvalue weighted by molar-refractivity contribution is -0.138. The van der Waals surface area contributed by atoms with E-state index in [0.717, 1.165) is 12.1 Å². The minimum atomic E-state index is -4.35. The monoisotopic (exact) mass is 277 g/mol. The first-order valence-corrected chi connectivity index (χ1v) is 6.17. The fourth-order valence-corrected chi connectivity index (χ4v) is 2.78. The lowest BCUT2D eigenvalue weighted by atomic mass is 10.1. The van der Waals surface area contributed by atoms with Gasteiger partial charge in [-0.05, 0) is 18.2 Å². The number of halogens is 3. The smallest absolute Gasteiger partial charge is 0.416 e. The molecule has 1 atom stereocenters. The SMILES string of the molecule is O=C(O)CC1CSc2cc(C(F)(F)F)ccc2N1. The molecule has 1 heterocycles. The maximum Gasteiger partial charge on any atom is 0.416 e. The van der Waals surface area contributed by atoms with Crippen LogP contribution in [0, 0.1) is 0 Å². The van der Waals surface area contributed by atoms with Crippen molar-refractivity contribution in [3.63, 3.8) is 0 Å². The summed E-state index contributed by atoms with van der Waals surface area (Å²) in [5, 5.41) is 11.6. The van der Waals surface area contributed by atoms with Crippen molar-refractivity contribution in [1.82, 2.24) is 0 Å². The number of carbonyl (C=O) groups is 1. The number of hydrogen-bond acceptors (Lipinski definition) is 3.